The van der Waals surface area contributed by atoms with Crippen molar-refractivity contribution in [3.8, 4) is 11.4 Å². The fourth-order valence-corrected chi connectivity index (χ4v) is 3.03. The number of aromatic nitrogens is 2. The molecule has 11 heteroatoms. The van der Waals surface area contributed by atoms with Gasteiger partial charge in [-0.05, 0) is 44.2 Å². The van der Waals surface area contributed by atoms with Crippen LogP contribution in [0.25, 0.3) is 5.69 Å². The van der Waals surface area contributed by atoms with E-state index in [-0.39, 0.29) is 22.7 Å². The Balaban J connectivity index is 1.61. The minimum absolute atomic E-state index is 0.110. The molecule has 0 aliphatic heterocycles. The number of amides is 1. The molecule has 1 aromatic heterocycles. The fourth-order valence-electron chi connectivity index (χ4n) is 2.91. The Hall–Kier alpha value is -3.92. The molecule has 0 spiro atoms. The first kappa shape index (κ1) is 22.8. The molecule has 0 saturated carbocycles. The van der Waals surface area contributed by atoms with Gasteiger partial charge in [0.15, 0.2) is 6.61 Å². The number of nitro groups is 1. The number of esters is 1. The van der Waals surface area contributed by atoms with Gasteiger partial charge in [-0.3, -0.25) is 14.9 Å². The predicted octanol–water partition coefficient (Wildman–Crippen LogP) is 3.85. The lowest BCUT2D eigenvalue weighted by Gasteiger charge is -2.10. The number of non-ortho nitro benzene ring substituents is 1. The van der Waals surface area contributed by atoms with E-state index in [9.17, 15) is 19.7 Å². The summed E-state index contributed by atoms with van der Waals surface area (Å²) < 4.78 is 11.8. The molecule has 0 fully saturated rings. The molecule has 0 aliphatic rings. The minimum Gasteiger partial charge on any atom is -0.494 e. The van der Waals surface area contributed by atoms with E-state index >= 15 is 0 Å². The van der Waals surface area contributed by atoms with Crippen LogP contribution in [-0.2, 0) is 9.53 Å². The van der Waals surface area contributed by atoms with Crippen LogP contribution in [0.5, 0.6) is 5.75 Å². The molecule has 1 N–H and O–H groups in total. The highest BCUT2D eigenvalue weighted by atomic mass is 35.5. The summed E-state index contributed by atoms with van der Waals surface area (Å²) in [6.45, 7) is 3.09. The summed E-state index contributed by atoms with van der Waals surface area (Å²) in [6.07, 6.45) is 0. The largest absolute Gasteiger partial charge is 0.494 e. The van der Waals surface area contributed by atoms with Gasteiger partial charge in [0.05, 0.1) is 51.4 Å². The number of hydrogen-bond donors (Lipinski definition) is 1. The van der Waals surface area contributed by atoms with Crippen LogP contribution in [0.1, 0.15) is 21.7 Å². The highest BCUT2D eigenvalue weighted by Gasteiger charge is 2.16. The Bertz CT molecular complexity index is 1190. The van der Waals surface area contributed by atoms with Crippen molar-refractivity contribution in [2.75, 3.05) is 19.0 Å². The van der Waals surface area contributed by atoms with Crippen molar-refractivity contribution < 1.29 is 24.0 Å². The van der Waals surface area contributed by atoms with Crippen LogP contribution in [0.15, 0.2) is 42.5 Å². The van der Waals surface area contributed by atoms with E-state index < -0.39 is 23.4 Å². The second-order valence-corrected chi connectivity index (χ2v) is 7.09. The lowest BCUT2D eigenvalue weighted by Crippen LogP contribution is -2.21. The quantitative estimate of drug-likeness (QED) is 0.323. The maximum absolute atomic E-state index is 12.3. The van der Waals surface area contributed by atoms with E-state index in [1.807, 2.05) is 6.92 Å². The Morgan fingerprint density at radius 3 is 2.44 bits per heavy atom. The van der Waals surface area contributed by atoms with Gasteiger partial charge in [0.1, 0.15) is 5.75 Å². The van der Waals surface area contributed by atoms with Gasteiger partial charge >= 0.3 is 5.97 Å². The smallest absolute Gasteiger partial charge is 0.338 e. The number of hydrogen-bond acceptors (Lipinski definition) is 7. The van der Waals surface area contributed by atoms with Crippen molar-refractivity contribution in [1.82, 2.24) is 9.78 Å². The van der Waals surface area contributed by atoms with Crippen LogP contribution in [0.3, 0.4) is 0 Å². The van der Waals surface area contributed by atoms with Crippen LogP contribution in [-0.4, -0.2) is 40.3 Å². The van der Waals surface area contributed by atoms with Gasteiger partial charge in [0, 0.05) is 6.07 Å². The van der Waals surface area contributed by atoms with Crippen molar-refractivity contribution in [3.63, 3.8) is 0 Å². The average molecular weight is 459 g/mol. The third-order valence-electron chi connectivity index (χ3n) is 4.55. The summed E-state index contributed by atoms with van der Waals surface area (Å²) in [6, 6.07) is 10.2. The van der Waals surface area contributed by atoms with Gasteiger partial charge in [0.25, 0.3) is 11.6 Å². The molecule has 1 heterocycles. The number of aryl methyl sites for hydroxylation is 1. The van der Waals surface area contributed by atoms with Gasteiger partial charge < -0.3 is 14.8 Å². The lowest BCUT2D eigenvalue weighted by atomic mass is 10.2. The number of anilines is 1. The normalized spacial score (nSPS) is 10.5. The standard InChI is InChI=1S/C21H19ClN4O6/c1-12-20(22)13(2)25(24-12)15-6-4-14(5-7-15)21(28)32-11-19(27)23-17-9-8-16(26(29)30)10-18(17)31-3/h4-10H,11H2,1-3H3,(H,23,27). The third-order valence-corrected chi connectivity index (χ3v) is 5.10. The molecule has 0 atom stereocenters. The highest BCUT2D eigenvalue weighted by Crippen LogP contribution is 2.29. The average Bonchev–Trinajstić information content (AvgIpc) is 3.04. The Morgan fingerprint density at radius 2 is 1.88 bits per heavy atom. The summed E-state index contributed by atoms with van der Waals surface area (Å²) in [4.78, 5) is 34.7. The second-order valence-electron chi connectivity index (χ2n) is 6.71. The fraction of sp³-hybridized carbons (Fsp3) is 0.190. The summed E-state index contributed by atoms with van der Waals surface area (Å²) in [7, 11) is 1.32. The first-order valence-corrected chi connectivity index (χ1v) is 9.70. The number of nitrogens with zero attached hydrogens (tertiary/aromatic N) is 3. The molecule has 3 aromatic rings. The Kier molecular flexibility index (Phi) is 6.74. The molecule has 0 radical (unpaired) electrons. The minimum atomic E-state index is -0.686. The van der Waals surface area contributed by atoms with Crippen LogP contribution in [0, 0.1) is 24.0 Å². The van der Waals surface area contributed by atoms with Crippen molar-refractivity contribution in [2.45, 2.75) is 13.8 Å². The van der Waals surface area contributed by atoms with Crippen LogP contribution in [0.2, 0.25) is 5.02 Å². The molecule has 2 aromatic carbocycles. The molecule has 32 heavy (non-hydrogen) atoms. The van der Waals surface area contributed by atoms with Gasteiger partial charge in [-0.1, -0.05) is 11.6 Å². The maximum atomic E-state index is 12.3. The van der Waals surface area contributed by atoms with Crippen molar-refractivity contribution in [2.24, 2.45) is 0 Å². The van der Waals surface area contributed by atoms with E-state index in [4.69, 9.17) is 21.1 Å². The molecule has 166 valence electrons. The summed E-state index contributed by atoms with van der Waals surface area (Å²) in [5.74, 6) is -1.20. The number of nitrogens with one attached hydrogen (secondary N) is 1. The van der Waals surface area contributed by atoms with Crippen LogP contribution in [0.4, 0.5) is 11.4 Å². The van der Waals surface area contributed by atoms with E-state index in [1.54, 1.807) is 35.9 Å². The lowest BCUT2D eigenvalue weighted by molar-refractivity contribution is -0.384. The molecular formula is C21H19ClN4O6. The zero-order valence-electron chi connectivity index (χ0n) is 17.4. The molecule has 1 amide bonds. The number of rotatable bonds is 7. The van der Waals surface area contributed by atoms with Crippen molar-refractivity contribution in [3.05, 3.63) is 74.6 Å². The number of benzene rings is 2. The number of nitro benzene ring substituents is 1. The maximum Gasteiger partial charge on any atom is 0.338 e. The number of ether oxygens (including phenoxy) is 2. The highest BCUT2D eigenvalue weighted by molar-refractivity contribution is 6.31. The molecule has 0 saturated heterocycles. The zero-order chi connectivity index (χ0) is 23.4. The first-order chi connectivity index (χ1) is 15.2. The molecular weight excluding hydrogens is 440 g/mol. The summed E-state index contributed by atoms with van der Waals surface area (Å²) >= 11 is 6.17. The Morgan fingerprint density at radius 1 is 1.19 bits per heavy atom. The molecule has 0 unspecified atom stereocenters. The number of halogens is 1. The molecule has 10 nitrogen and oxygen atoms in total. The van der Waals surface area contributed by atoms with Gasteiger partial charge in [-0.25, -0.2) is 9.48 Å². The molecule has 0 bridgehead atoms. The molecule has 3 rings (SSSR count). The summed E-state index contributed by atoms with van der Waals surface area (Å²) in [5.41, 5.74) is 2.48. The topological polar surface area (TPSA) is 126 Å². The SMILES string of the molecule is COc1cc([N+](=O)[O-])ccc1NC(=O)COC(=O)c1ccc(-n2nc(C)c(Cl)c2C)cc1. The number of methoxy groups -OCH3 is 1. The van der Waals surface area contributed by atoms with Gasteiger partial charge in [-0.2, -0.15) is 5.10 Å². The van der Waals surface area contributed by atoms with Gasteiger partial charge in [0.2, 0.25) is 0 Å². The van der Waals surface area contributed by atoms with Crippen molar-refractivity contribution in [1.29, 1.82) is 0 Å². The monoisotopic (exact) mass is 458 g/mol. The zero-order valence-corrected chi connectivity index (χ0v) is 18.2. The second kappa shape index (κ2) is 9.48. The first-order valence-electron chi connectivity index (χ1n) is 9.32. The predicted molar refractivity (Wildman–Crippen MR) is 117 cm³/mol. The Labute approximate surface area is 187 Å². The van der Waals surface area contributed by atoms with E-state index in [0.29, 0.717) is 10.7 Å². The molecule has 0 aliphatic carbocycles. The van der Waals surface area contributed by atoms with Crippen LogP contribution < -0.4 is 10.1 Å². The number of carbonyl (C=O) groups excluding carboxylic acids is 2. The summed E-state index contributed by atoms with van der Waals surface area (Å²) in [5, 5.41) is 18.3. The third kappa shape index (κ3) is 4.86. The van der Waals surface area contributed by atoms with E-state index in [2.05, 4.69) is 10.4 Å². The van der Waals surface area contributed by atoms with E-state index in [0.717, 1.165) is 11.4 Å². The van der Waals surface area contributed by atoms with Gasteiger partial charge in [-0.15, -0.1) is 0 Å². The van der Waals surface area contributed by atoms with Crippen LogP contribution >= 0.6 is 11.6 Å². The van der Waals surface area contributed by atoms with E-state index in [1.165, 1.54) is 25.3 Å². The number of carbonyl (C=O) groups is 2. The van der Waals surface area contributed by atoms with Crippen molar-refractivity contribution >= 4 is 34.9 Å².